The first-order valence-corrected chi connectivity index (χ1v) is 5.32. The Labute approximate surface area is 106 Å². The minimum Gasteiger partial charge on any atom is -0.355 e. The molecule has 7 heteroatoms. The minimum atomic E-state index is -4.16. The van der Waals surface area contributed by atoms with E-state index in [1.54, 1.807) is 0 Å². The van der Waals surface area contributed by atoms with Gasteiger partial charge in [-0.3, -0.25) is 4.79 Å². The summed E-state index contributed by atoms with van der Waals surface area (Å²) in [6.07, 6.45) is -4.62. The van der Waals surface area contributed by atoms with Crippen LogP contribution >= 0.6 is 12.4 Å². The summed E-state index contributed by atoms with van der Waals surface area (Å²) in [7, 11) is 0. The maximum absolute atomic E-state index is 11.8. The molecule has 0 aliphatic heterocycles. The van der Waals surface area contributed by atoms with Crippen molar-refractivity contribution >= 4 is 18.3 Å². The standard InChI is InChI=1S/C10H19F3N2O.ClH/c1-7(2)6-8(14)9(16)15-5-3-4-10(11,12)13;/h7-8H,3-6,14H2,1-2H3,(H,15,16);1H/t8-;/m0./s1. The van der Waals surface area contributed by atoms with Gasteiger partial charge in [-0.2, -0.15) is 13.2 Å². The van der Waals surface area contributed by atoms with Crippen LogP contribution in [0.4, 0.5) is 13.2 Å². The molecule has 17 heavy (non-hydrogen) atoms. The fraction of sp³-hybridized carbons (Fsp3) is 0.900. The molecule has 0 heterocycles. The molecular formula is C10H20ClF3N2O. The Hall–Kier alpha value is -0.490. The normalized spacial score (nSPS) is 13.1. The molecule has 0 saturated carbocycles. The first-order valence-electron chi connectivity index (χ1n) is 5.32. The van der Waals surface area contributed by atoms with Gasteiger partial charge in [0.1, 0.15) is 0 Å². The van der Waals surface area contributed by atoms with E-state index in [0.29, 0.717) is 6.42 Å². The van der Waals surface area contributed by atoms with E-state index in [4.69, 9.17) is 5.73 Å². The van der Waals surface area contributed by atoms with Crippen molar-refractivity contribution in [3.05, 3.63) is 0 Å². The van der Waals surface area contributed by atoms with Gasteiger partial charge < -0.3 is 11.1 Å². The maximum Gasteiger partial charge on any atom is 0.389 e. The van der Waals surface area contributed by atoms with Crippen molar-refractivity contribution < 1.29 is 18.0 Å². The van der Waals surface area contributed by atoms with Gasteiger partial charge in [-0.1, -0.05) is 13.8 Å². The molecule has 0 aromatic heterocycles. The molecule has 0 aromatic carbocycles. The summed E-state index contributed by atoms with van der Waals surface area (Å²) in [4.78, 5) is 11.3. The number of nitrogens with two attached hydrogens (primary N) is 1. The second-order valence-electron chi connectivity index (χ2n) is 4.25. The van der Waals surface area contributed by atoms with E-state index in [9.17, 15) is 18.0 Å². The summed E-state index contributed by atoms with van der Waals surface area (Å²) < 4.78 is 35.3. The van der Waals surface area contributed by atoms with Crippen molar-refractivity contribution in [1.29, 1.82) is 0 Å². The highest BCUT2D eigenvalue weighted by molar-refractivity contribution is 5.85. The lowest BCUT2D eigenvalue weighted by atomic mass is 10.0. The zero-order chi connectivity index (χ0) is 12.8. The van der Waals surface area contributed by atoms with Gasteiger partial charge in [-0.05, 0) is 18.8 Å². The third-order valence-electron chi connectivity index (χ3n) is 2.00. The van der Waals surface area contributed by atoms with Crippen molar-refractivity contribution in [1.82, 2.24) is 5.32 Å². The molecular weight excluding hydrogens is 257 g/mol. The molecule has 0 bridgehead atoms. The van der Waals surface area contributed by atoms with Crippen molar-refractivity contribution in [2.24, 2.45) is 11.7 Å². The van der Waals surface area contributed by atoms with Crippen LogP contribution in [0.5, 0.6) is 0 Å². The number of hydrogen-bond donors (Lipinski definition) is 2. The summed E-state index contributed by atoms with van der Waals surface area (Å²) in [5.41, 5.74) is 5.55. The number of carbonyl (C=O) groups is 1. The second kappa shape index (κ2) is 8.58. The number of amides is 1. The molecule has 0 saturated heterocycles. The molecule has 1 amide bonds. The van der Waals surface area contributed by atoms with Crippen molar-refractivity contribution in [2.45, 2.75) is 45.3 Å². The summed E-state index contributed by atoms with van der Waals surface area (Å²) in [5, 5.41) is 2.40. The van der Waals surface area contributed by atoms with Gasteiger partial charge in [-0.25, -0.2) is 0 Å². The van der Waals surface area contributed by atoms with Crippen LogP contribution in [0.25, 0.3) is 0 Å². The van der Waals surface area contributed by atoms with Gasteiger partial charge in [0.25, 0.3) is 0 Å². The van der Waals surface area contributed by atoms with E-state index in [-0.39, 0.29) is 37.2 Å². The maximum atomic E-state index is 11.8. The SMILES string of the molecule is CC(C)C[C@H](N)C(=O)NCCCC(F)(F)F.Cl. The highest BCUT2D eigenvalue weighted by Gasteiger charge is 2.26. The van der Waals surface area contributed by atoms with Gasteiger partial charge in [0.2, 0.25) is 5.91 Å². The number of rotatable bonds is 6. The van der Waals surface area contributed by atoms with E-state index in [2.05, 4.69) is 5.32 Å². The molecule has 0 aliphatic rings. The molecule has 1 atom stereocenters. The fourth-order valence-electron chi connectivity index (χ4n) is 1.25. The summed E-state index contributed by atoms with van der Waals surface area (Å²) in [5.74, 6) is -0.0909. The number of halogens is 4. The smallest absolute Gasteiger partial charge is 0.355 e. The highest BCUT2D eigenvalue weighted by Crippen LogP contribution is 2.20. The molecule has 3 nitrogen and oxygen atoms in total. The average molecular weight is 277 g/mol. The summed E-state index contributed by atoms with van der Waals surface area (Å²) in [6.45, 7) is 3.87. The Morgan fingerprint density at radius 1 is 1.35 bits per heavy atom. The molecule has 0 aromatic rings. The van der Waals surface area contributed by atoms with Gasteiger partial charge in [0.15, 0.2) is 0 Å². The van der Waals surface area contributed by atoms with E-state index >= 15 is 0 Å². The second-order valence-corrected chi connectivity index (χ2v) is 4.25. The Bertz CT molecular complexity index is 222. The molecule has 0 unspecified atom stereocenters. The van der Waals surface area contributed by atoms with Crippen LogP contribution < -0.4 is 11.1 Å². The summed E-state index contributed by atoms with van der Waals surface area (Å²) in [6, 6.07) is -0.633. The topological polar surface area (TPSA) is 55.1 Å². The van der Waals surface area contributed by atoms with Crippen LogP contribution in [0.15, 0.2) is 0 Å². The molecule has 3 N–H and O–H groups in total. The Kier molecular flexibility index (Phi) is 9.52. The predicted octanol–water partition coefficient (Wildman–Crippen LogP) is 2.24. The third kappa shape index (κ3) is 11.8. The van der Waals surface area contributed by atoms with E-state index in [1.165, 1.54) is 0 Å². The lowest BCUT2D eigenvalue weighted by molar-refractivity contribution is -0.136. The monoisotopic (exact) mass is 276 g/mol. The zero-order valence-corrected chi connectivity index (χ0v) is 10.8. The van der Waals surface area contributed by atoms with Crippen LogP contribution in [-0.4, -0.2) is 24.7 Å². The largest absolute Gasteiger partial charge is 0.389 e. The Morgan fingerprint density at radius 3 is 2.29 bits per heavy atom. The zero-order valence-electron chi connectivity index (χ0n) is 10.0. The molecule has 0 rings (SSSR count). The van der Waals surface area contributed by atoms with Gasteiger partial charge in [0, 0.05) is 13.0 Å². The number of hydrogen-bond acceptors (Lipinski definition) is 2. The van der Waals surface area contributed by atoms with E-state index < -0.39 is 18.6 Å². The predicted molar refractivity (Wildman–Crippen MR) is 63.0 cm³/mol. The fourth-order valence-corrected chi connectivity index (χ4v) is 1.25. The number of nitrogens with one attached hydrogen (secondary N) is 1. The molecule has 0 spiro atoms. The van der Waals surface area contributed by atoms with Crippen LogP contribution in [0.1, 0.15) is 33.1 Å². The molecule has 0 radical (unpaired) electrons. The first kappa shape index (κ1) is 18.9. The lowest BCUT2D eigenvalue weighted by Crippen LogP contribution is -2.41. The van der Waals surface area contributed by atoms with Crippen LogP contribution in [-0.2, 0) is 4.79 Å². The van der Waals surface area contributed by atoms with E-state index in [0.717, 1.165) is 0 Å². The lowest BCUT2D eigenvalue weighted by Gasteiger charge is -2.14. The molecule has 0 fully saturated rings. The van der Waals surface area contributed by atoms with E-state index in [1.807, 2.05) is 13.8 Å². The molecule has 104 valence electrons. The number of carbonyl (C=O) groups excluding carboxylic acids is 1. The minimum absolute atomic E-state index is 0. The van der Waals surface area contributed by atoms with Gasteiger partial charge in [0.05, 0.1) is 6.04 Å². The van der Waals surface area contributed by atoms with Gasteiger partial charge >= 0.3 is 6.18 Å². The van der Waals surface area contributed by atoms with Crippen LogP contribution in [0, 0.1) is 5.92 Å². The molecule has 0 aliphatic carbocycles. The quantitative estimate of drug-likeness (QED) is 0.731. The van der Waals surface area contributed by atoms with Crippen molar-refractivity contribution in [3.63, 3.8) is 0 Å². The van der Waals surface area contributed by atoms with Crippen molar-refractivity contribution in [2.75, 3.05) is 6.54 Å². The third-order valence-corrected chi connectivity index (χ3v) is 2.00. The van der Waals surface area contributed by atoms with Crippen molar-refractivity contribution in [3.8, 4) is 0 Å². The summed E-state index contributed by atoms with van der Waals surface area (Å²) >= 11 is 0. The average Bonchev–Trinajstić information content (AvgIpc) is 2.09. The highest BCUT2D eigenvalue weighted by atomic mass is 35.5. The Balaban J connectivity index is 0. The van der Waals surface area contributed by atoms with Crippen LogP contribution in [0.2, 0.25) is 0 Å². The Morgan fingerprint density at radius 2 is 1.88 bits per heavy atom. The number of alkyl halides is 3. The van der Waals surface area contributed by atoms with Crippen LogP contribution in [0.3, 0.4) is 0 Å². The van der Waals surface area contributed by atoms with Gasteiger partial charge in [-0.15, -0.1) is 12.4 Å². The first-order chi connectivity index (χ1) is 7.22.